The van der Waals surface area contributed by atoms with E-state index in [-0.39, 0.29) is 30.1 Å². The molecule has 156 valence electrons. The van der Waals surface area contributed by atoms with Crippen molar-refractivity contribution in [3.63, 3.8) is 0 Å². The van der Waals surface area contributed by atoms with Crippen molar-refractivity contribution in [3.8, 4) is 11.5 Å². The molecule has 2 aromatic rings. The maximum atomic E-state index is 5.95. The molecule has 0 aliphatic heterocycles. The molecular weight excluding hydrogens is 487 g/mol. The number of para-hydroxylation sites is 2. The number of hydrogen-bond donors (Lipinski definition) is 2. The highest BCUT2D eigenvalue weighted by Gasteiger charge is 2.10. The van der Waals surface area contributed by atoms with Gasteiger partial charge in [0, 0.05) is 31.3 Å². The van der Waals surface area contributed by atoms with Gasteiger partial charge >= 0.3 is 0 Å². The first kappa shape index (κ1) is 24.5. The van der Waals surface area contributed by atoms with Gasteiger partial charge in [0.25, 0.3) is 0 Å². The molecular formula is C20H31IN4O2S. The van der Waals surface area contributed by atoms with Crippen LogP contribution in [0.1, 0.15) is 37.4 Å². The molecule has 0 saturated heterocycles. The van der Waals surface area contributed by atoms with Gasteiger partial charge in [0.2, 0.25) is 0 Å². The van der Waals surface area contributed by atoms with E-state index < -0.39 is 0 Å². The zero-order valence-corrected chi connectivity index (χ0v) is 20.3. The Balaban J connectivity index is 0.00000392. The van der Waals surface area contributed by atoms with Gasteiger partial charge in [-0.3, -0.25) is 4.99 Å². The number of nitrogens with zero attached hydrogens (tertiary/aromatic N) is 2. The third kappa shape index (κ3) is 7.83. The molecule has 1 atom stereocenters. The Morgan fingerprint density at radius 3 is 2.50 bits per heavy atom. The van der Waals surface area contributed by atoms with Gasteiger partial charge in [0.1, 0.15) is 6.10 Å². The molecule has 1 heterocycles. The first-order chi connectivity index (χ1) is 13.0. The zero-order valence-electron chi connectivity index (χ0n) is 17.2. The van der Waals surface area contributed by atoms with E-state index >= 15 is 0 Å². The minimum Gasteiger partial charge on any atom is -0.493 e. The Hall–Kier alpha value is -1.55. The molecule has 1 aromatic heterocycles. The summed E-state index contributed by atoms with van der Waals surface area (Å²) in [6, 6.07) is 7.65. The summed E-state index contributed by atoms with van der Waals surface area (Å²) in [6.45, 7) is 7.76. The molecule has 0 saturated carbocycles. The van der Waals surface area contributed by atoms with Gasteiger partial charge in [-0.25, -0.2) is 4.98 Å². The SMILES string of the molecule is CN=C(NCCc1csc(C(C)C)n1)NCC(C)Oc1ccccc1OC.I. The van der Waals surface area contributed by atoms with Gasteiger partial charge in [0.15, 0.2) is 17.5 Å². The Morgan fingerprint density at radius 2 is 1.89 bits per heavy atom. The minimum absolute atomic E-state index is 0. The average molecular weight is 518 g/mol. The van der Waals surface area contributed by atoms with Gasteiger partial charge in [-0.1, -0.05) is 26.0 Å². The largest absolute Gasteiger partial charge is 0.493 e. The summed E-state index contributed by atoms with van der Waals surface area (Å²) in [5.74, 6) is 2.71. The molecule has 6 nitrogen and oxygen atoms in total. The molecule has 0 radical (unpaired) electrons. The maximum absolute atomic E-state index is 5.95. The molecule has 1 unspecified atom stereocenters. The highest BCUT2D eigenvalue weighted by molar-refractivity contribution is 14.0. The van der Waals surface area contributed by atoms with E-state index in [4.69, 9.17) is 9.47 Å². The zero-order chi connectivity index (χ0) is 19.6. The molecule has 0 spiro atoms. The van der Waals surface area contributed by atoms with Crippen molar-refractivity contribution >= 4 is 41.3 Å². The van der Waals surface area contributed by atoms with Crippen molar-refractivity contribution < 1.29 is 9.47 Å². The lowest BCUT2D eigenvalue weighted by molar-refractivity contribution is 0.213. The van der Waals surface area contributed by atoms with E-state index in [1.54, 1.807) is 25.5 Å². The Kier molecular flexibility index (Phi) is 11.2. The normalized spacial score (nSPS) is 12.3. The molecule has 28 heavy (non-hydrogen) atoms. The Morgan fingerprint density at radius 1 is 1.18 bits per heavy atom. The highest BCUT2D eigenvalue weighted by atomic mass is 127. The number of nitrogens with one attached hydrogen (secondary N) is 2. The number of halogens is 1. The summed E-state index contributed by atoms with van der Waals surface area (Å²) >= 11 is 1.73. The standard InChI is InChI=1S/C20H30N4O2S.HI/c1-14(2)19-24-16(13-27-19)10-11-22-20(21-4)23-12-15(3)26-18-9-7-6-8-17(18)25-5;/h6-9,13-15H,10-12H2,1-5H3,(H2,21,22,23);1H. The van der Waals surface area contributed by atoms with Crippen molar-refractivity contribution in [1.82, 2.24) is 15.6 Å². The fourth-order valence-corrected chi connectivity index (χ4v) is 3.32. The number of ether oxygens (including phenoxy) is 2. The molecule has 0 aliphatic rings. The number of methoxy groups -OCH3 is 1. The second-order valence-corrected chi connectivity index (χ2v) is 7.43. The highest BCUT2D eigenvalue weighted by Crippen LogP contribution is 2.26. The van der Waals surface area contributed by atoms with Crippen LogP contribution in [0.5, 0.6) is 11.5 Å². The monoisotopic (exact) mass is 518 g/mol. The molecule has 8 heteroatoms. The second-order valence-electron chi connectivity index (χ2n) is 6.54. The van der Waals surface area contributed by atoms with Crippen LogP contribution < -0.4 is 20.1 Å². The Bertz CT molecular complexity index is 737. The topological polar surface area (TPSA) is 67.8 Å². The van der Waals surface area contributed by atoms with Crippen LogP contribution in [-0.4, -0.2) is 44.3 Å². The van der Waals surface area contributed by atoms with Crippen LogP contribution in [0.3, 0.4) is 0 Å². The van der Waals surface area contributed by atoms with Gasteiger partial charge in [0.05, 0.1) is 24.4 Å². The van der Waals surface area contributed by atoms with Crippen LogP contribution in [0.2, 0.25) is 0 Å². The number of thiazole rings is 1. The van der Waals surface area contributed by atoms with Crippen LogP contribution in [-0.2, 0) is 6.42 Å². The second kappa shape index (κ2) is 12.8. The molecule has 0 fully saturated rings. The van der Waals surface area contributed by atoms with Crippen molar-refractivity contribution in [2.24, 2.45) is 4.99 Å². The van der Waals surface area contributed by atoms with Crippen molar-refractivity contribution in [2.75, 3.05) is 27.2 Å². The van der Waals surface area contributed by atoms with E-state index in [9.17, 15) is 0 Å². The summed E-state index contributed by atoms with van der Waals surface area (Å²) in [5, 5.41) is 9.94. The number of aliphatic imine (C=N–C) groups is 1. The fourth-order valence-electron chi connectivity index (χ4n) is 2.45. The van der Waals surface area contributed by atoms with E-state index in [2.05, 4.69) is 39.8 Å². The number of rotatable bonds is 9. The number of benzene rings is 1. The summed E-state index contributed by atoms with van der Waals surface area (Å²) in [6.07, 6.45) is 0.837. The molecule has 0 aliphatic carbocycles. The lowest BCUT2D eigenvalue weighted by atomic mass is 10.2. The minimum atomic E-state index is -0.0352. The number of aromatic nitrogens is 1. The first-order valence-corrected chi connectivity index (χ1v) is 10.1. The quantitative estimate of drug-likeness (QED) is 0.298. The van der Waals surface area contributed by atoms with Gasteiger partial charge < -0.3 is 20.1 Å². The van der Waals surface area contributed by atoms with E-state index in [1.165, 1.54) is 5.01 Å². The average Bonchev–Trinajstić information content (AvgIpc) is 3.14. The lowest BCUT2D eigenvalue weighted by Gasteiger charge is -2.19. The van der Waals surface area contributed by atoms with Crippen LogP contribution >= 0.6 is 35.3 Å². The molecule has 2 rings (SSSR count). The molecule has 2 N–H and O–H groups in total. The predicted octanol–water partition coefficient (Wildman–Crippen LogP) is 4.07. The summed E-state index contributed by atoms with van der Waals surface area (Å²) in [5.41, 5.74) is 1.12. The van der Waals surface area contributed by atoms with Crippen LogP contribution in [0, 0.1) is 0 Å². The third-order valence-electron chi connectivity index (χ3n) is 3.91. The molecule has 1 aromatic carbocycles. The van der Waals surface area contributed by atoms with E-state index in [1.807, 2.05) is 31.2 Å². The van der Waals surface area contributed by atoms with Crippen LogP contribution in [0.15, 0.2) is 34.6 Å². The van der Waals surface area contributed by atoms with E-state index in [0.717, 1.165) is 36.1 Å². The molecule has 0 bridgehead atoms. The number of hydrogen-bond acceptors (Lipinski definition) is 5. The predicted molar refractivity (Wildman–Crippen MR) is 128 cm³/mol. The molecule has 0 amide bonds. The summed E-state index contributed by atoms with van der Waals surface area (Å²) in [4.78, 5) is 8.92. The lowest BCUT2D eigenvalue weighted by Crippen LogP contribution is -2.42. The van der Waals surface area contributed by atoms with Crippen LogP contribution in [0.25, 0.3) is 0 Å². The summed E-state index contributed by atoms with van der Waals surface area (Å²) in [7, 11) is 3.41. The summed E-state index contributed by atoms with van der Waals surface area (Å²) < 4.78 is 11.3. The Labute approximate surface area is 189 Å². The smallest absolute Gasteiger partial charge is 0.191 e. The first-order valence-electron chi connectivity index (χ1n) is 9.22. The van der Waals surface area contributed by atoms with E-state index in [0.29, 0.717) is 12.5 Å². The third-order valence-corrected chi connectivity index (χ3v) is 5.11. The number of guanidine groups is 1. The maximum Gasteiger partial charge on any atom is 0.191 e. The fraction of sp³-hybridized carbons (Fsp3) is 0.500. The van der Waals surface area contributed by atoms with Crippen molar-refractivity contribution in [1.29, 1.82) is 0 Å². The van der Waals surface area contributed by atoms with Gasteiger partial charge in [-0.2, -0.15) is 0 Å². The van der Waals surface area contributed by atoms with Crippen LogP contribution in [0.4, 0.5) is 0 Å². The van der Waals surface area contributed by atoms with Gasteiger partial charge in [-0.15, -0.1) is 35.3 Å². The van der Waals surface area contributed by atoms with Gasteiger partial charge in [-0.05, 0) is 19.1 Å². The van der Waals surface area contributed by atoms with Crippen molar-refractivity contribution in [3.05, 3.63) is 40.3 Å². The van der Waals surface area contributed by atoms with Crippen molar-refractivity contribution in [2.45, 2.75) is 39.2 Å².